The summed E-state index contributed by atoms with van der Waals surface area (Å²) in [5.41, 5.74) is 1.57. The summed E-state index contributed by atoms with van der Waals surface area (Å²) in [6, 6.07) is 0.596. The summed E-state index contributed by atoms with van der Waals surface area (Å²) < 4.78 is 0. The molecule has 0 spiro atoms. The first-order chi connectivity index (χ1) is 4.47. The Morgan fingerprint density at radius 2 is 2.56 bits per heavy atom. The maximum Gasteiger partial charge on any atom is 0.0709 e. The molecule has 1 aliphatic heterocycles. The van der Waals surface area contributed by atoms with E-state index in [1.54, 1.807) is 5.57 Å². The highest BCUT2D eigenvalue weighted by molar-refractivity contribution is 5.66. The fourth-order valence-corrected chi connectivity index (χ4v) is 1.60. The third-order valence-electron chi connectivity index (χ3n) is 2.13. The van der Waals surface area contributed by atoms with Crippen LogP contribution in [0.1, 0.15) is 25.7 Å². The molecule has 1 heterocycles. The SMILES string of the molecule is C1=NC2CCCC=C2C1. The van der Waals surface area contributed by atoms with Crippen molar-refractivity contribution in [2.45, 2.75) is 31.7 Å². The van der Waals surface area contributed by atoms with Crippen molar-refractivity contribution >= 4 is 6.21 Å². The van der Waals surface area contributed by atoms with Crippen LogP contribution in [0.4, 0.5) is 0 Å². The van der Waals surface area contributed by atoms with Crippen LogP contribution in [0.15, 0.2) is 16.6 Å². The Morgan fingerprint density at radius 1 is 1.56 bits per heavy atom. The molecule has 48 valence electrons. The average molecular weight is 121 g/mol. The number of hydrogen-bond donors (Lipinski definition) is 0. The second-order valence-corrected chi connectivity index (χ2v) is 2.76. The predicted octanol–water partition coefficient (Wildman–Crippen LogP) is 1.94. The summed E-state index contributed by atoms with van der Waals surface area (Å²) in [4.78, 5) is 4.36. The van der Waals surface area contributed by atoms with Gasteiger partial charge in [-0.2, -0.15) is 0 Å². The summed E-state index contributed by atoms with van der Waals surface area (Å²) in [5.74, 6) is 0. The van der Waals surface area contributed by atoms with Gasteiger partial charge in [-0.1, -0.05) is 6.08 Å². The van der Waals surface area contributed by atoms with Crippen LogP contribution in [0.2, 0.25) is 0 Å². The lowest BCUT2D eigenvalue weighted by Gasteiger charge is -2.13. The fourth-order valence-electron chi connectivity index (χ4n) is 1.60. The molecule has 0 bridgehead atoms. The lowest BCUT2D eigenvalue weighted by atomic mass is 9.95. The van der Waals surface area contributed by atoms with Crippen LogP contribution in [0.5, 0.6) is 0 Å². The molecular weight excluding hydrogens is 110 g/mol. The van der Waals surface area contributed by atoms with Crippen molar-refractivity contribution in [3.63, 3.8) is 0 Å². The van der Waals surface area contributed by atoms with Gasteiger partial charge in [0.15, 0.2) is 0 Å². The quantitative estimate of drug-likeness (QED) is 0.434. The average Bonchev–Trinajstić information content (AvgIpc) is 2.33. The minimum Gasteiger partial charge on any atom is -0.289 e. The van der Waals surface area contributed by atoms with Crippen molar-refractivity contribution in [3.05, 3.63) is 11.6 Å². The molecule has 0 saturated heterocycles. The second-order valence-electron chi connectivity index (χ2n) is 2.76. The summed E-state index contributed by atoms with van der Waals surface area (Å²) in [6.07, 6.45) is 9.47. The third-order valence-corrected chi connectivity index (χ3v) is 2.13. The Hall–Kier alpha value is -0.590. The Bertz CT molecular complexity index is 167. The molecule has 9 heavy (non-hydrogen) atoms. The molecule has 0 N–H and O–H groups in total. The standard InChI is InChI=1S/C8H11N/c1-2-4-8-7(3-1)5-6-9-8/h3,6,8H,1-2,4-5H2. The first-order valence-corrected chi connectivity index (χ1v) is 3.67. The van der Waals surface area contributed by atoms with E-state index in [2.05, 4.69) is 17.3 Å². The Balaban J connectivity index is 2.22. The summed E-state index contributed by atoms with van der Waals surface area (Å²) in [6.45, 7) is 0. The van der Waals surface area contributed by atoms with Crippen LogP contribution in [-0.2, 0) is 0 Å². The van der Waals surface area contributed by atoms with E-state index in [9.17, 15) is 0 Å². The normalized spacial score (nSPS) is 32.0. The van der Waals surface area contributed by atoms with Gasteiger partial charge in [0.25, 0.3) is 0 Å². The van der Waals surface area contributed by atoms with Crippen molar-refractivity contribution in [2.24, 2.45) is 4.99 Å². The topological polar surface area (TPSA) is 12.4 Å². The highest BCUT2D eigenvalue weighted by atomic mass is 14.8. The molecule has 1 unspecified atom stereocenters. The number of nitrogens with zero attached hydrogens (tertiary/aromatic N) is 1. The minimum absolute atomic E-state index is 0.596. The highest BCUT2D eigenvalue weighted by Gasteiger charge is 2.18. The molecule has 0 radical (unpaired) electrons. The molecule has 2 rings (SSSR count). The molecule has 0 aromatic carbocycles. The third kappa shape index (κ3) is 0.805. The van der Waals surface area contributed by atoms with Crippen LogP contribution in [0.3, 0.4) is 0 Å². The molecule has 1 nitrogen and oxygen atoms in total. The molecule has 1 aliphatic carbocycles. The van der Waals surface area contributed by atoms with Gasteiger partial charge in [-0.25, -0.2) is 0 Å². The lowest BCUT2D eigenvalue weighted by molar-refractivity contribution is 0.628. The van der Waals surface area contributed by atoms with Gasteiger partial charge in [0.2, 0.25) is 0 Å². The fraction of sp³-hybridized carbons (Fsp3) is 0.625. The zero-order valence-corrected chi connectivity index (χ0v) is 5.51. The van der Waals surface area contributed by atoms with Crippen LogP contribution < -0.4 is 0 Å². The van der Waals surface area contributed by atoms with Crippen molar-refractivity contribution in [1.29, 1.82) is 0 Å². The Morgan fingerprint density at radius 3 is 3.44 bits per heavy atom. The van der Waals surface area contributed by atoms with Crippen molar-refractivity contribution in [2.75, 3.05) is 0 Å². The van der Waals surface area contributed by atoms with Gasteiger partial charge >= 0.3 is 0 Å². The molecule has 0 saturated carbocycles. The van der Waals surface area contributed by atoms with E-state index in [0.29, 0.717) is 6.04 Å². The van der Waals surface area contributed by atoms with E-state index in [-0.39, 0.29) is 0 Å². The highest BCUT2D eigenvalue weighted by Crippen LogP contribution is 2.26. The number of rotatable bonds is 0. The molecule has 2 aliphatic rings. The van der Waals surface area contributed by atoms with Crippen molar-refractivity contribution < 1.29 is 0 Å². The molecule has 1 heteroatoms. The summed E-state index contributed by atoms with van der Waals surface area (Å²) >= 11 is 0. The smallest absolute Gasteiger partial charge is 0.0709 e. The van der Waals surface area contributed by atoms with Gasteiger partial charge in [0, 0.05) is 12.6 Å². The maximum atomic E-state index is 4.36. The number of allylic oxidation sites excluding steroid dienone is 1. The maximum absolute atomic E-state index is 4.36. The van der Waals surface area contributed by atoms with Gasteiger partial charge in [-0.05, 0) is 24.8 Å². The molecule has 0 aromatic heterocycles. The summed E-state index contributed by atoms with van der Waals surface area (Å²) in [7, 11) is 0. The van der Waals surface area contributed by atoms with Gasteiger partial charge in [0.05, 0.1) is 6.04 Å². The molecule has 0 aromatic rings. The van der Waals surface area contributed by atoms with E-state index in [0.717, 1.165) is 6.42 Å². The first-order valence-electron chi connectivity index (χ1n) is 3.67. The van der Waals surface area contributed by atoms with Crippen molar-refractivity contribution in [3.8, 4) is 0 Å². The van der Waals surface area contributed by atoms with Crippen LogP contribution in [0, 0.1) is 0 Å². The monoisotopic (exact) mass is 121 g/mol. The van der Waals surface area contributed by atoms with Crippen LogP contribution in [0.25, 0.3) is 0 Å². The molecular formula is C8H11N. The molecule has 0 amide bonds. The second kappa shape index (κ2) is 1.98. The van der Waals surface area contributed by atoms with Gasteiger partial charge < -0.3 is 0 Å². The van der Waals surface area contributed by atoms with E-state index in [4.69, 9.17) is 0 Å². The van der Waals surface area contributed by atoms with E-state index in [1.807, 2.05) is 0 Å². The van der Waals surface area contributed by atoms with Gasteiger partial charge in [-0.15, -0.1) is 0 Å². The largest absolute Gasteiger partial charge is 0.289 e. The lowest BCUT2D eigenvalue weighted by Crippen LogP contribution is -2.06. The molecule has 0 fully saturated rings. The van der Waals surface area contributed by atoms with Crippen molar-refractivity contribution in [1.82, 2.24) is 0 Å². The molecule has 1 atom stereocenters. The van der Waals surface area contributed by atoms with E-state index >= 15 is 0 Å². The Kier molecular flexibility index (Phi) is 1.15. The summed E-state index contributed by atoms with van der Waals surface area (Å²) in [5, 5.41) is 0. The van der Waals surface area contributed by atoms with E-state index < -0.39 is 0 Å². The number of hydrogen-bond acceptors (Lipinski definition) is 1. The first kappa shape index (κ1) is 5.21. The predicted molar refractivity (Wildman–Crippen MR) is 38.8 cm³/mol. The zero-order chi connectivity index (χ0) is 6.10. The zero-order valence-electron chi connectivity index (χ0n) is 5.51. The van der Waals surface area contributed by atoms with Gasteiger partial charge in [0.1, 0.15) is 0 Å². The number of fused-ring (bicyclic) bond motifs is 1. The van der Waals surface area contributed by atoms with Gasteiger partial charge in [-0.3, -0.25) is 4.99 Å². The number of aliphatic imine (C=N–C) groups is 1. The van der Waals surface area contributed by atoms with E-state index in [1.165, 1.54) is 19.3 Å². The Labute approximate surface area is 55.5 Å². The minimum atomic E-state index is 0.596. The van der Waals surface area contributed by atoms with Crippen LogP contribution in [-0.4, -0.2) is 12.3 Å². The van der Waals surface area contributed by atoms with Crippen LogP contribution >= 0.6 is 0 Å².